The van der Waals surface area contributed by atoms with Gasteiger partial charge in [-0.3, -0.25) is 0 Å². The minimum absolute atomic E-state index is 0.148. The maximum Gasteiger partial charge on any atom is 0.209 e. The highest BCUT2D eigenvalue weighted by Crippen LogP contribution is 2.38. The number of methoxy groups -OCH3 is 1. The highest BCUT2D eigenvalue weighted by Gasteiger charge is 2.38. The first-order chi connectivity index (χ1) is 9.35. The van der Waals surface area contributed by atoms with E-state index in [0.29, 0.717) is 12.8 Å². The zero-order chi connectivity index (χ0) is 14.8. The van der Waals surface area contributed by atoms with Gasteiger partial charge in [-0.25, -0.2) is 13.1 Å². The van der Waals surface area contributed by atoms with Gasteiger partial charge in [0, 0.05) is 6.04 Å². The zero-order valence-electron chi connectivity index (χ0n) is 11.9. The van der Waals surface area contributed by atoms with E-state index < -0.39 is 15.6 Å². The Kier molecular flexibility index (Phi) is 4.36. The van der Waals surface area contributed by atoms with Crippen molar-refractivity contribution in [2.45, 2.75) is 37.3 Å². The monoisotopic (exact) mass is 298 g/mol. The van der Waals surface area contributed by atoms with Gasteiger partial charge in [-0.05, 0) is 43.4 Å². The van der Waals surface area contributed by atoms with Crippen molar-refractivity contribution in [3.05, 3.63) is 29.8 Å². The molecule has 1 fully saturated rings. The van der Waals surface area contributed by atoms with Crippen LogP contribution in [-0.4, -0.2) is 27.8 Å². The van der Waals surface area contributed by atoms with Gasteiger partial charge in [-0.2, -0.15) is 0 Å². The Labute approximate surface area is 120 Å². The molecular formula is C14H22N2O3S. The summed E-state index contributed by atoms with van der Waals surface area (Å²) in [6, 6.07) is 7.72. The average molecular weight is 298 g/mol. The summed E-state index contributed by atoms with van der Waals surface area (Å²) >= 11 is 0. The van der Waals surface area contributed by atoms with Crippen LogP contribution >= 0.6 is 0 Å². The Hall–Kier alpha value is -1.11. The van der Waals surface area contributed by atoms with E-state index in [2.05, 4.69) is 4.72 Å². The summed E-state index contributed by atoms with van der Waals surface area (Å²) in [6.07, 6.45) is 4.21. The van der Waals surface area contributed by atoms with Crippen LogP contribution in [0.3, 0.4) is 0 Å². The lowest BCUT2D eigenvalue weighted by Crippen LogP contribution is -2.49. The third-order valence-electron chi connectivity index (χ3n) is 3.89. The molecule has 0 radical (unpaired) electrons. The van der Waals surface area contributed by atoms with Gasteiger partial charge in [0.25, 0.3) is 0 Å². The fourth-order valence-corrected chi connectivity index (χ4v) is 3.89. The van der Waals surface area contributed by atoms with E-state index in [1.54, 1.807) is 7.11 Å². The predicted octanol–water partition coefficient (Wildman–Crippen LogP) is 1.34. The molecule has 0 atom stereocenters. The highest BCUT2D eigenvalue weighted by atomic mass is 32.2. The molecule has 1 aliphatic rings. The maximum absolute atomic E-state index is 11.7. The smallest absolute Gasteiger partial charge is 0.209 e. The van der Waals surface area contributed by atoms with Gasteiger partial charge in [-0.1, -0.05) is 12.1 Å². The summed E-state index contributed by atoms with van der Waals surface area (Å²) in [5.74, 6) is 0.729. The number of hydrogen-bond donors (Lipinski definition) is 2. The van der Waals surface area contributed by atoms with E-state index in [4.69, 9.17) is 10.5 Å². The molecule has 1 aromatic rings. The van der Waals surface area contributed by atoms with Crippen LogP contribution in [0.25, 0.3) is 0 Å². The van der Waals surface area contributed by atoms with Crippen molar-refractivity contribution < 1.29 is 13.2 Å². The molecule has 0 heterocycles. The second-order valence-electron chi connectivity index (χ2n) is 5.53. The molecule has 6 heteroatoms. The molecule has 3 N–H and O–H groups in total. The van der Waals surface area contributed by atoms with E-state index in [-0.39, 0.29) is 6.04 Å². The second kappa shape index (κ2) is 5.71. The van der Waals surface area contributed by atoms with Crippen LogP contribution in [-0.2, 0) is 15.6 Å². The van der Waals surface area contributed by atoms with E-state index >= 15 is 0 Å². The Morgan fingerprint density at radius 2 is 2.00 bits per heavy atom. The van der Waals surface area contributed by atoms with Crippen molar-refractivity contribution in [2.75, 3.05) is 13.4 Å². The summed E-state index contributed by atoms with van der Waals surface area (Å²) in [5, 5.41) is 0. The first-order valence-corrected chi connectivity index (χ1v) is 8.63. The quantitative estimate of drug-likeness (QED) is 0.879. The molecule has 1 aromatic carbocycles. The van der Waals surface area contributed by atoms with Gasteiger partial charge < -0.3 is 10.5 Å². The van der Waals surface area contributed by atoms with Gasteiger partial charge in [0.05, 0.1) is 18.9 Å². The molecule has 0 unspecified atom stereocenters. The Balaban J connectivity index is 2.40. The molecule has 0 saturated heterocycles. The van der Waals surface area contributed by atoms with Crippen molar-refractivity contribution in [1.82, 2.24) is 4.72 Å². The SMILES string of the molecule is COc1cccc(C2(NS(C)(=O)=O)CCC(N)CC2)c1. The average Bonchev–Trinajstić information content (AvgIpc) is 2.40. The Morgan fingerprint density at radius 3 is 2.55 bits per heavy atom. The highest BCUT2D eigenvalue weighted by molar-refractivity contribution is 7.88. The van der Waals surface area contributed by atoms with Gasteiger partial charge in [0.1, 0.15) is 5.75 Å². The topological polar surface area (TPSA) is 81.4 Å². The molecular weight excluding hydrogens is 276 g/mol. The molecule has 0 bridgehead atoms. The van der Waals surface area contributed by atoms with Gasteiger partial charge in [0.15, 0.2) is 0 Å². The number of rotatable bonds is 4. The molecule has 2 rings (SSSR count). The first kappa shape index (κ1) is 15.3. The third kappa shape index (κ3) is 3.50. The van der Waals surface area contributed by atoms with Crippen LogP contribution in [0, 0.1) is 0 Å². The lowest BCUT2D eigenvalue weighted by atomic mass is 9.76. The van der Waals surface area contributed by atoms with Crippen LogP contribution in [0.15, 0.2) is 24.3 Å². The molecule has 112 valence electrons. The van der Waals surface area contributed by atoms with Crippen LogP contribution in [0.5, 0.6) is 5.75 Å². The van der Waals surface area contributed by atoms with Crippen molar-refractivity contribution in [3.8, 4) is 5.75 Å². The standard InChI is InChI=1S/C14H22N2O3S/c1-19-13-5-3-4-11(10-13)14(16-20(2,17)18)8-6-12(15)7-9-14/h3-5,10,12,16H,6-9,15H2,1-2H3. The van der Waals surface area contributed by atoms with Crippen LogP contribution in [0.4, 0.5) is 0 Å². The molecule has 0 amide bonds. The van der Waals surface area contributed by atoms with Gasteiger partial charge in [-0.15, -0.1) is 0 Å². The summed E-state index contributed by atoms with van der Waals surface area (Å²) in [6.45, 7) is 0. The Bertz CT molecular complexity index is 564. The van der Waals surface area contributed by atoms with Crippen molar-refractivity contribution in [3.63, 3.8) is 0 Å². The van der Waals surface area contributed by atoms with Crippen molar-refractivity contribution in [2.24, 2.45) is 5.73 Å². The molecule has 5 nitrogen and oxygen atoms in total. The summed E-state index contributed by atoms with van der Waals surface area (Å²) in [7, 11) is -1.70. The van der Waals surface area contributed by atoms with E-state index in [1.807, 2.05) is 24.3 Å². The maximum atomic E-state index is 11.7. The van der Waals surface area contributed by atoms with Crippen molar-refractivity contribution in [1.29, 1.82) is 0 Å². The summed E-state index contributed by atoms with van der Waals surface area (Å²) in [5.41, 5.74) is 6.32. The third-order valence-corrected chi connectivity index (χ3v) is 4.65. The number of nitrogens with two attached hydrogens (primary N) is 1. The number of ether oxygens (including phenoxy) is 1. The van der Waals surface area contributed by atoms with Crippen molar-refractivity contribution >= 4 is 10.0 Å². The zero-order valence-corrected chi connectivity index (χ0v) is 12.7. The van der Waals surface area contributed by atoms with Crippen LogP contribution in [0.2, 0.25) is 0 Å². The minimum Gasteiger partial charge on any atom is -0.497 e. The molecule has 0 aliphatic heterocycles. The number of benzene rings is 1. The number of hydrogen-bond acceptors (Lipinski definition) is 4. The lowest BCUT2D eigenvalue weighted by molar-refractivity contribution is 0.252. The summed E-state index contributed by atoms with van der Waals surface area (Å²) in [4.78, 5) is 0. The second-order valence-corrected chi connectivity index (χ2v) is 7.27. The van der Waals surface area contributed by atoms with Crippen LogP contribution in [0.1, 0.15) is 31.2 Å². The molecule has 0 spiro atoms. The van der Waals surface area contributed by atoms with E-state index in [9.17, 15) is 8.42 Å². The van der Waals surface area contributed by atoms with E-state index in [1.165, 1.54) is 6.26 Å². The molecule has 1 saturated carbocycles. The fourth-order valence-electron chi connectivity index (χ4n) is 2.86. The van der Waals surface area contributed by atoms with Crippen LogP contribution < -0.4 is 15.2 Å². The minimum atomic E-state index is -3.30. The molecule has 20 heavy (non-hydrogen) atoms. The van der Waals surface area contributed by atoms with Gasteiger partial charge >= 0.3 is 0 Å². The Morgan fingerprint density at radius 1 is 1.35 bits per heavy atom. The lowest BCUT2D eigenvalue weighted by Gasteiger charge is -2.40. The molecule has 0 aromatic heterocycles. The molecule has 1 aliphatic carbocycles. The largest absolute Gasteiger partial charge is 0.497 e. The predicted molar refractivity (Wildman–Crippen MR) is 79.1 cm³/mol. The number of nitrogens with one attached hydrogen (secondary N) is 1. The normalized spacial score (nSPS) is 27.2. The fraction of sp³-hybridized carbons (Fsp3) is 0.571. The number of sulfonamides is 1. The van der Waals surface area contributed by atoms with E-state index in [0.717, 1.165) is 24.2 Å². The summed E-state index contributed by atoms with van der Waals surface area (Å²) < 4.78 is 31.5. The van der Waals surface area contributed by atoms with Gasteiger partial charge in [0.2, 0.25) is 10.0 Å². The first-order valence-electron chi connectivity index (χ1n) is 6.74.